The molecule has 0 atom stereocenters. The molecular formula is C10H11N3O3S. The number of hydrazine groups is 1. The van der Waals surface area contributed by atoms with Crippen molar-refractivity contribution in [1.82, 2.24) is 10.1 Å². The Morgan fingerprint density at radius 1 is 1.41 bits per heavy atom. The van der Waals surface area contributed by atoms with E-state index in [1.807, 2.05) is 5.43 Å². The maximum Gasteiger partial charge on any atom is 0.266 e. The third-order valence-corrected chi connectivity index (χ3v) is 3.38. The van der Waals surface area contributed by atoms with Crippen molar-refractivity contribution in [3.63, 3.8) is 0 Å². The lowest BCUT2D eigenvalue weighted by molar-refractivity contribution is 0.0950. The molecule has 0 spiro atoms. The summed E-state index contributed by atoms with van der Waals surface area (Å²) in [5, 5.41) is 0. The van der Waals surface area contributed by atoms with Crippen molar-refractivity contribution in [2.24, 2.45) is 5.84 Å². The first-order chi connectivity index (χ1) is 8.03. The lowest BCUT2D eigenvalue weighted by Gasteiger charge is -2.08. The monoisotopic (exact) mass is 253 g/mol. The van der Waals surface area contributed by atoms with Gasteiger partial charge in [0.05, 0.1) is 17.0 Å². The number of carbonyl (C=O) groups excluding carboxylic acids is 1. The predicted octanol–water partition coefficient (Wildman–Crippen LogP) is -0.798. The van der Waals surface area contributed by atoms with Crippen molar-refractivity contribution in [2.75, 3.05) is 6.54 Å². The first-order valence-corrected chi connectivity index (χ1v) is 6.04. The molecule has 0 aliphatic heterocycles. The molecule has 0 bridgehead atoms. The summed E-state index contributed by atoms with van der Waals surface area (Å²) in [5.74, 6) is 6.42. The average Bonchev–Trinajstić information content (AvgIpc) is 2.35. The molecule has 0 saturated heterocycles. The van der Waals surface area contributed by atoms with Crippen molar-refractivity contribution in [3.05, 3.63) is 29.8 Å². The van der Waals surface area contributed by atoms with Crippen LogP contribution in [-0.4, -0.2) is 20.9 Å². The van der Waals surface area contributed by atoms with Gasteiger partial charge in [-0.25, -0.2) is 14.3 Å². The molecule has 0 aromatic heterocycles. The number of benzene rings is 1. The molecule has 1 aromatic carbocycles. The number of sulfonamides is 1. The molecule has 4 N–H and O–H groups in total. The van der Waals surface area contributed by atoms with Gasteiger partial charge in [-0.3, -0.25) is 10.2 Å². The van der Waals surface area contributed by atoms with Crippen LogP contribution in [0.5, 0.6) is 0 Å². The average molecular weight is 253 g/mol. The number of carbonyl (C=O) groups is 1. The number of rotatable bonds is 4. The van der Waals surface area contributed by atoms with Crippen LogP contribution in [0.25, 0.3) is 0 Å². The predicted molar refractivity (Wildman–Crippen MR) is 62.1 cm³/mol. The third kappa shape index (κ3) is 3.04. The second-order valence-corrected chi connectivity index (χ2v) is 4.73. The van der Waals surface area contributed by atoms with Crippen LogP contribution >= 0.6 is 0 Å². The minimum absolute atomic E-state index is 0.0421. The molecule has 17 heavy (non-hydrogen) atoms. The highest BCUT2D eigenvalue weighted by Crippen LogP contribution is 2.14. The van der Waals surface area contributed by atoms with Crippen molar-refractivity contribution >= 4 is 15.9 Å². The van der Waals surface area contributed by atoms with E-state index in [2.05, 4.69) is 10.6 Å². The van der Waals surface area contributed by atoms with E-state index in [9.17, 15) is 13.2 Å². The lowest BCUT2D eigenvalue weighted by Crippen LogP contribution is -2.33. The summed E-state index contributed by atoms with van der Waals surface area (Å²) < 4.78 is 25.8. The van der Waals surface area contributed by atoms with Gasteiger partial charge < -0.3 is 0 Å². The van der Waals surface area contributed by atoms with Crippen molar-refractivity contribution in [1.29, 1.82) is 0 Å². The summed E-state index contributed by atoms with van der Waals surface area (Å²) >= 11 is 0. The van der Waals surface area contributed by atoms with E-state index in [0.29, 0.717) is 0 Å². The number of nitrogen functional groups attached to an aromatic ring is 1. The van der Waals surface area contributed by atoms with Gasteiger partial charge in [0.1, 0.15) is 0 Å². The Bertz CT molecular complexity index is 560. The Kier molecular flexibility index (Phi) is 4.23. The van der Waals surface area contributed by atoms with Gasteiger partial charge in [0.2, 0.25) is 10.0 Å². The largest absolute Gasteiger partial charge is 0.290 e. The fourth-order valence-electron chi connectivity index (χ4n) is 1.18. The van der Waals surface area contributed by atoms with Crippen LogP contribution in [0.2, 0.25) is 0 Å². The van der Waals surface area contributed by atoms with E-state index < -0.39 is 15.9 Å². The van der Waals surface area contributed by atoms with Crippen molar-refractivity contribution < 1.29 is 13.2 Å². The van der Waals surface area contributed by atoms with Gasteiger partial charge in [-0.2, -0.15) is 4.72 Å². The van der Waals surface area contributed by atoms with Crippen LogP contribution in [0.15, 0.2) is 29.2 Å². The van der Waals surface area contributed by atoms with Crippen LogP contribution in [-0.2, 0) is 10.0 Å². The van der Waals surface area contributed by atoms with Gasteiger partial charge in [-0.05, 0) is 12.1 Å². The van der Waals surface area contributed by atoms with E-state index in [1.165, 1.54) is 24.3 Å². The standard InChI is InChI=1S/C10H11N3O3S/c1-2-7-12-17(15,16)9-6-4-3-5-8(9)10(14)13-11/h1,3-6,12H,7,11H2,(H,13,14). The zero-order valence-corrected chi connectivity index (χ0v) is 9.62. The smallest absolute Gasteiger partial charge is 0.266 e. The Morgan fingerprint density at radius 2 is 2.06 bits per heavy atom. The number of hydrogen-bond acceptors (Lipinski definition) is 4. The zero-order valence-electron chi connectivity index (χ0n) is 8.80. The van der Waals surface area contributed by atoms with Crippen LogP contribution < -0.4 is 16.0 Å². The molecule has 6 nitrogen and oxygen atoms in total. The molecule has 1 rings (SSSR count). The quantitative estimate of drug-likeness (QED) is 0.283. The van der Waals surface area contributed by atoms with Crippen LogP contribution in [0.4, 0.5) is 0 Å². The van der Waals surface area contributed by atoms with Crippen LogP contribution in [0.1, 0.15) is 10.4 Å². The highest BCUT2D eigenvalue weighted by molar-refractivity contribution is 7.89. The second kappa shape index (κ2) is 5.45. The topological polar surface area (TPSA) is 101 Å². The Morgan fingerprint density at radius 3 is 2.65 bits per heavy atom. The molecule has 1 aromatic rings. The van der Waals surface area contributed by atoms with Gasteiger partial charge in [0, 0.05) is 0 Å². The first kappa shape index (κ1) is 13.2. The first-order valence-electron chi connectivity index (χ1n) is 4.56. The SMILES string of the molecule is C#CCNS(=O)(=O)c1ccccc1C(=O)NN. The summed E-state index contributed by atoms with van der Waals surface area (Å²) in [7, 11) is -3.82. The van der Waals surface area contributed by atoms with Crippen molar-refractivity contribution in [3.8, 4) is 12.3 Å². The number of nitrogens with one attached hydrogen (secondary N) is 2. The molecule has 90 valence electrons. The molecule has 0 unspecified atom stereocenters. The van der Waals surface area contributed by atoms with E-state index >= 15 is 0 Å². The Hall–Kier alpha value is -1.88. The number of terminal acetylenes is 1. The molecular weight excluding hydrogens is 242 g/mol. The van der Waals surface area contributed by atoms with Gasteiger partial charge in [-0.15, -0.1) is 6.42 Å². The maximum atomic E-state index is 11.8. The van der Waals surface area contributed by atoms with E-state index in [0.717, 1.165) is 0 Å². The van der Waals surface area contributed by atoms with E-state index in [4.69, 9.17) is 12.3 Å². The Balaban J connectivity index is 3.23. The molecule has 0 fully saturated rings. The van der Waals surface area contributed by atoms with E-state index in [1.54, 1.807) is 0 Å². The van der Waals surface area contributed by atoms with Crippen LogP contribution in [0.3, 0.4) is 0 Å². The molecule has 7 heteroatoms. The maximum absolute atomic E-state index is 11.8. The van der Waals surface area contributed by atoms with Gasteiger partial charge in [0.15, 0.2) is 0 Å². The lowest BCUT2D eigenvalue weighted by atomic mass is 10.2. The molecule has 1 amide bonds. The molecule has 0 aliphatic carbocycles. The molecule has 0 saturated carbocycles. The zero-order chi connectivity index (χ0) is 12.9. The molecule has 0 aliphatic rings. The summed E-state index contributed by atoms with van der Waals surface area (Å²) in [5.41, 5.74) is 1.84. The summed E-state index contributed by atoms with van der Waals surface area (Å²) in [6.07, 6.45) is 4.96. The minimum Gasteiger partial charge on any atom is -0.290 e. The summed E-state index contributed by atoms with van der Waals surface area (Å²) in [6, 6.07) is 5.68. The van der Waals surface area contributed by atoms with Crippen molar-refractivity contribution in [2.45, 2.75) is 4.90 Å². The number of hydrogen-bond donors (Lipinski definition) is 3. The fourth-order valence-corrected chi connectivity index (χ4v) is 2.32. The van der Waals surface area contributed by atoms with Gasteiger partial charge >= 0.3 is 0 Å². The van der Waals surface area contributed by atoms with Crippen LogP contribution in [0, 0.1) is 12.3 Å². The summed E-state index contributed by atoms with van der Waals surface area (Å²) in [4.78, 5) is 11.2. The molecule has 0 heterocycles. The second-order valence-electron chi connectivity index (χ2n) is 3.00. The fraction of sp³-hybridized carbons (Fsp3) is 0.100. The highest BCUT2D eigenvalue weighted by atomic mass is 32.2. The van der Waals surface area contributed by atoms with Gasteiger partial charge in [-0.1, -0.05) is 18.1 Å². The summed E-state index contributed by atoms with van der Waals surface area (Å²) in [6.45, 7) is -0.152. The van der Waals surface area contributed by atoms with Gasteiger partial charge in [0.25, 0.3) is 5.91 Å². The normalized spacial score (nSPS) is 10.6. The van der Waals surface area contributed by atoms with E-state index in [-0.39, 0.29) is 17.0 Å². The molecule has 0 radical (unpaired) electrons. The highest BCUT2D eigenvalue weighted by Gasteiger charge is 2.20. The number of nitrogens with two attached hydrogens (primary N) is 1. The minimum atomic E-state index is -3.82. The Labute approximate surface area is 99.2 Å². The third-order valence-electron chi connectivity index (χ3n) is 1.92. The number of amides is 1.